The lowest BCUT2D eigenvalue weighted by atomic mass is 10.0. The van der Waals surface area contributed by atoms with Gasteiger partial charge in [-0.1, -0.05) is 29.5 Å². The van der Waals surface area contributed by atoms with E-state index in [1.165, 1.54) is 16.8 Å². The summed E-state index contributed by atoms with van der Waals surface area (Å²) >= 11 is 1.18. The first kappa shape index (κ1) is 15.0. The molecule has 0 saturated heterocycles. The molecule has 0 saturated carbocycles. The molecule has 122 valence electrons. The zero-order valence-electron chi connectivity index (χ0n) is 12.8. The minimum Gasteiger partial charge on any atom is -0.343 e. The maximum atomic E-state index is 12.8. The van der Waals surface area contributed by atoms with Crippen molar-refractivity contribution in [3.8, 4) is 0 Å². The number of hydrogen-bond acceptors (Lipinski definition) is 6. The fraction of sp³-hybridized carbons (Fsp3) is 0.250. The molecule has 0 atom stereocenters. The first-order chi connectivity index (χ1) is 11.8. The lowest BCUT2D eigenvalue weighted by Crippen LogP contribution is -2.24. The number of ketones is 1. The Labute approximate surface area is 141 Å². The van der Waals surface area contributed by atoms with Gasteiger partial charge < -0.3 is 9.88 Å². The monoisotopic (exact) mass is 341 g/mol. The Kier molecular flexibility index (Phi) is 3.83. The van der Waals surface area contributed by atoms with E-state index < -0.39 is 11.7 Å². The van der Waals surface area contributed by atoms with Crippen LogP contribution in [-0.4, -0.2) is 39.5 Å². The van der Waals surface area contributed by atoms with Crippen LogP contribution in [0.5, 0.6) is 0 Å². The molecule has 0 bridgehead atoms. The first-order valence-corrected chi connectivity index (χ1v) is 8.56. The second-order valence-corrected chi connectivity index (χ2v) is 6.35. The molecule has 24 heavy (non-hydrogen) atoms. The molecule has 0 spiro atoms. The Bertz CT molecular complexity index is 916. The van der Waals surface area contributed by atoms with Crippen molar-refractivity contribution in [2.24, 2.45) is 0 Å². The summed E-state index contributed by atoms with van der Waals surface area (Å²) in [6, 6.07) is 7.73. The Morgan fingerprint density at radius 2 is 2.12 bits per heavy atom. The van der Waals surface area contributed by atoms with Crippen molar-refractivity contribution in [1.82, 2.24) is 20.1 Å². The number of nitrogens with zero attached hydrogens (tertiary/aromatic N) is 3. The summed E-state index contributed by atoms with van der Waals surface area (Å²) in [5, 5.41) is 14.4. The fourth-order valence-corrected chi connectivity index (χ4v) is 3.58. The predicted molar refractivity (Wildman–Crippen MR) is 91.4 cm³/mol. The van der Waals surface area contributed by atoms with Gasteiger partial charge in [0.25, 0.3) is 11.7 Å². The number of carbonyl (C=O) groups is 2. The summed E-state index contributed by atoms with van der Waals surface area (Å²) in [4.78, 5) is 25.2. The molecule has 0 unspecified atom stereocenters. The summed E-state index contributed by atoms with van der Waals surface area (Å²) < 4.78 is 2.14. The van der Waals surface area contributed by atoms with Crippen LogP contribution in [0.3, 0.4) is 0 Å². The molecule has 1 aliphatic rings. The Morgan fingerprint density at radius 3 is 2.96 bits per heavy atom. The summed E-state index contributed by atoms with van der Waals surface area (Å²) in [6.07, 6.45) is 0.710. The SMILES string of the molecule is O=C(Nc1nncs1)C(=O)c1c2n(c3ccccc13)CCNCC2. The number of anilines is 1. The van der Waals surface area contributed by atoms with E-state index in [9.17, 15) is 9.59 Å². The van der Waals surface area contributed by atoms with E-state index in [0.717, 1.165) is 36.2 Å². The van der Waals surface area contributed by atoms with Gasteiger partial charge in [-0.05, 0) is 6.07 Å². The van der Waals surface area contributed by atoms with Crippen LogP contribution in [-0.2, 0) is 17.8 Å². The van der Waals surface area contributed by atoms with E-state index in [1.54, 1.807) is 0 Å². The highest BCUT2D eigenvalue weighted by Gasteiger charge is 2.27. The molecule has 4 rings (SSSR count). The van der Waals surface area contributed by atoms with Gasteiger partial charge in [0.15, 0.2) is 0 Å². The van der Waals surface area contributed by atoms with Crippen LogP contribution in [0.15, 0.2) is 29.8 Å². The smallest absolute Gasteiger partial charge is 0.298 e. The second kappa shape index (κ2) is 6.14. The maximum absolute atomic E-state index is 12.8. The van der Waals surface area contributed by atoms with Gasteiger partial charge >= 0.3 is 0 Å². The van der Waals surface area contributed by atoms with Crippen LogP contribution in [0.1, 0.15) is 16.1 Å². The number of rotatable bonds is 3. The van der Waals surface area contributed by atoms with Gasteiger partial charge in [-0.15, -0.1) is 10.2 Å². The number of aromatic nitrogens is 3. The molecule has 2 aromatic heterocycles. The first-order valence-electron chi connectivity index (χ1n) is 7.68. The highest BCUT2D eigenvalue weighted by molar-refractivity contribution is 7.13. The molecule has 8 heteroatoms. The third-order valence-electron chi connectivity index (χ3n) is 4.14. The van der Waals surface area contributed by atoms with Crippen LogP contribution in [0, 0.1) is 0 Å². The number of Topliss-reactive ketones (excluding diaryl/α,β-unsaturated/α-hetero) is 1. The predicted octanol–water partition coefficient (Wildman–Crippen LogP) is 1.46. The molecule has 0 aliphatic carbocycles. The molecular formula is C16H15N5O2S. The third-order valence-corrected chi connectivity index (χ3v) is 4.75. The molecule has 3 heterocycles. The van der Waals surface area contributed by atoms with Gasteiger partial charge in [-0.2, -0.15) is 0 Å². The standard InChI is InChI=1S/C16H15N5O2S/c22-14(15(23)19-16-20-18-9-24-16)13-10-3-1-2-4-11(10)21-8-7-17-6-5-12(13)21/h1-4,9,17H,5-8H2,(H,19,20,23). The number of hydrogen-bond donors (Lipinski definition) is 2. The number of para-hydroxylation sites is 1. The van der Waals surface area contributed by atoms with E-state index in [1.807, 2.05) is 24.3 Å². The summed E-state index contributed by atoms with van der Waals surface area (Å²) in [7, 11) is 0. The average molecular weight is 341 g/mol. The molecule has 3 aromatic rings. The van der Waals surface area contributed by atoms with Crippen molar-refractivity contribution < 1.29 is 9.59 Å². The van der Waals surface area contributed by atoms with Crippen molar-refractivity contribution >= 4 is 39.1 Å². The average Bonchev–Trinajstić information content (AvgIpc) is 3.13. The highest BCUT2D eigenvalue weighted by Crippen LogP contribution is 2.28. The molecule has 7 nitrogen and oxygen atoms in total. The Hall–Kier alpha value is -2.58. The zero-order chi connectivity index (χ0) is 16.5. The number of amides is 1. The summed E-state index contributed by atoms with van der Waals surface area (Å²) in [5.41, 5.74) is 3.91. The molecule has 2 N–H and O–H groups in total. The largest absolute Gasteiger partial charge is 0.343 e. The van der Waals surface area contributed by atoms with Crippen LogP contribution in [0.2, 0.25) is 0 Å². The van der Waals surface area contributed by atoms with E-state index in [0.29, 0.717) is 17.1 Å². The lowest BCUT2D eigenvalue weighted by molar-refractivity contribution is -0.112. The lowest BCUT2D eigenvalue weighted by Gasteiger charge is -2.06. The van der Waals surface area contributed by atoms with Crippen LogP contribution >= 0.6 is 11.3 Å². The molecule has 0 fully saturated rings. The maximum Gasteiger partial charge on any atom is 0.298 e. The number of carbonyl (C=O) groups excluding carboxylic acids is 2. The third kappa shape index (κ3) is 2.49. The van der Waals surface area contributed by atoms with E-state index in [2.05, 4.69) is 25.4 Å². The molecule has 1 aliphatic heterocycles. The second-order valence-electron chi connectivity index (χ2n) is 5.52. The normalized spacial score (nSPS) is 14.2. The van der Waals surface area contributed by atoms with Crippen molar-refractivity contribution in [1.29, 1.82) is 0 Å². The zero-order valence-corrected chi connectivity index (χ0v) is 13.6. The number of fused-ring (bicyclic) bond motifs is 3. The van der Waals surface area contributed by atoms with Crippen molar-refractivity contribution in [3.05, 3.63) is 41.0 Å². The van der Waals surface area contributed by atoms with Crippen LogP contribution < -0.4 is 10.6 Å². The Balaban J connectivity index is 1.79. The minimum absolute atomic E-state index is 0.324. The highest BCUT2D eigenvalue weighted by atomic mass is 32.1. The Morgan fingerprint density at radius 1 is 1.25 bits per heavy atom. The van der Waals surface area contributed by atoms with Crippen molar-refractivity contribution in [2.45, 2.75) is 13.0 Å². The van der Waals surface area contributed by atoms with Gasteiger partial charge in [-0.25, -0.2) is 0 Å². The summed E-state index contributed by atoms with van der Waals surface area (Å²) in [6.45, 7) is 2.41. The van der Waals surface area contributed by atoms with Crippen LogP contribution in [0.4, 0.5) is 5.13 Å². The molecular weight excluding hydrogens is 326 g/mol. The van der Waals surface area contributed by atoms with Gasteiger partial charge in [0, 0.05) is 42.7 Å². The summed E-state index contributed by atoms with van der Waals surface area (Å²) in [5.74, 6) is -1.21. The van der Waals surface area contributed by atoms with E-state index in [-0.39, 0.29) is 0 Å². The molecule has 1 aromatic carbocycles. The molecule has 1 amide bonds. The van der Waals surface area contributed by atoms with Gasteiger partial charge in [0.05, 0.1) is 5.56 Å². The minimum atomic E-state index is -0.678. The van der Waals surface area contributed by atoms with Crippen molar-refractivity contribution in [2.75, 3.05) is 18.4 Å². The van der Waals surface area contributed by atoms with Gasteiger partial charge in [0.1, 0.15) is 5.51 Å². The quantitative estimate of drug-likeness (QED) is 0.556. The van der Waals surface area contributed by atoms with Gasteiger partial charge in [0.2, 0.25) is 5.13 Å². The van der Waals surface area contributed by atoms with Crippen LogP contribution in [0.25, 0.3) is 10.9 Å². The number of nitrogens with one attached hydrogen (secondary N) is 2. The van der Waals surface area contributed by atoms with Crippen molar-refractivity contribution in [3.63, 3.8) is 0 Å². The molecule has 0 radical (unpaired) electrons. The topological polar surface area (TPSA) is 88.9 Å². The van der Waals surface area contributed by atoms with E-state index >= 15 is 0 Å². The van der Waals surface area contributed by atoms with E-state index in [4.69, 9.17) is 0 Å². The van der Waals surface area contributed by atoms with Gasteiger partial charge in [-0.3, -0.25) is 14.9 Å². The number of benzene rings is 1. The fourth-order valence-electron chi connectivity index (χ4n) is 3.14.